The number of rotatable bonds is 3. The highest BCUT2D eigenvalue weighted by Gasteiger charge is 2.25. The molecular weight excluding hydrogens is 342 g/mol. The van der Waals surface area contributed by atoms with Crippen LogP contribution >= 0.6 is 0 Å². The summed E-state index contributed by atoms with van der Waals surface area (Å²) in [6, 6.07) is 9.19. The van der Waals surface area contributed by atoms with Gasteiger partial charge < -0.3 is 15.3 Å². The maximum absolute atomic E-state index is 13.7. The van der Waals surface area contributed by atoms with E-state index in [2.05, 4.69) is 5.32 Å². The lowest BCUT2D eigenvalue weighted by Crippen LogP contribution is -2.41. The van der Waals surface area contributed by atoms with Gasteiger partial charge in [0.05, 0.1) is 11.3 Å². The van der Waals surface area contributed by atoms with Crippen molar-refractivity contribution in [2.45, 2.75) is 18.8 Å². The van der Waals surface area contributed by atoms with E-state index in [0.717, 1.165) is 24.5 Å². The van der Waals surface area contributed by atoms with Gasteiger partial charge in [0, 0.05) is 25.1 Å². The Labute approximate surface area is 149 Å². The molecule has 0 bridgehead atoms. The van der Waals surface area contributed by atoms with Crippen molar-refractivity contribution in [1.82, 2.24) is 4.90 Å². The van der Waals surface area contributed by atoms with E-state index in [1.807, 2.05) is 6.07 Å². The number of hydrogen-bond donors (Lipinski definition) is 2. The Balaban J connectivity index is 1.70. The molecule has 2 aromatic rings. The normalized spacial score (nSPS) is 17.0. The Morgan fingerprint density at radius 2 is 1.96 bits per heavy atom. The van der Waals surface area contributed by atoms with Crippen LogP contribution in [0.2, 0.25) is 0 Å². The third kappa shape index (κ3) is 3.99. The van der Waals surface area contributed by atoms with Crippen LogP contribution < -0.4 is 5.32 Å². The number of likely N-dealkylation sites (tertiary alicyclic amines) is 1. The molecule has 3 rings (SSSR count). The van der Waals surface area contributed by atoms with Crippen molar-refractivity contribution >= 4 is 17.7 Å². The number of nitrogens with zero attached hydrogens (tertiary/aromatic N) is 1. The van der Waals surface area contributed by atoms with Crippen molar-refractivity contribution in [3.8, 4) is 0 Å². The maximum Gasteiger partial charge on any atom is 0.335 e. The van der Waals surface area contributed by atoms with Gasteiger partial charge >= 0.3 is 12.0 Å². The Morgan fingerprint density at radius 3 is 2.69 bits per heavy atom. The van der Waals surface area contributed by atoms with Gasteiger partial charge in [0.15, 0.2) is 0 Å². The predicted octanol–water partition coefficient (Wildman–Crippen LogP) is 4.07. The molecule has 0 unspecified atom stereocenters. The molecule has 7 heteroatoms. The summed E-state index contributed by atoms with van der Waals surface area (Å²) in [6.07, 6.45) is 1.58. The van der Waals surface area contributed by atoms with Crippen molar-refractivity contribution in [2.24, 2.45) is 0 Å². The van der Waals surface area contributed by atoms with E-state index in [4.69, 9.17) is 5.11 Å². The summed E-state index contributed by atoms with van der Waals surface area (Å²) in [5.74, 6) is -2.53. The van der Waals surface area contributed by atoms with Gasteiger partial charge in [0.1, 0.15) is 11.6 Å². The highest BCUT2D eigenvalue weighted by Crippen LogP contribution is 2.28. The quantitative estimate of drug-likeness (QED) is 0.867. The molecule has 136 valence electrons. The SMILES string of the molecule is O=C(O)c1cccc([C@@H]2CCCN(C(=O)Nc3ccc(F)cc3F)C2)c1. The van der Waals surface area contributed by atoms with Crippen molar-refractivity contribution in [1.29, 1.82) is 0 Å². The Kier molecular flexibility index (Phi) is 5.16. The van der Waals surface area contributed by atoms with Crippen LogP contribution in [-0.4, -0.2) is 35.1 Å². The summed E-state index contributed by atoms with van der Waals surface area (Å²) < 4.78 is 26.7. The molecule has 2 amide bonds. The highest BCUT2D eigenvalue weighted by atomic mass is 19.1. The third-order valence-corrected chi connectivity index (χ3v) is 4.49. The minimum absolute atomic E-state index is 0.00636. The average molecular weight is 360 g/mol. The Hall–Kier alpha value is -2.96. The number of carbonyl (C=O) groups is 2. The first-order valence-electron chi connectivity index (χ1n) is 8.28. The molecule has 1 fully saturated rings. The smallest absolute Gasteiger partial charge is 0.335 e. The van der Waals surface area contributed by atoms with E-state index in [-0.39, 0.29) is 17.2 Å². The number of carbonyl (C=O) groups excluding carboxylic acids is 1. The van der Waals surface area contributed by atoms with Crippen molar-refractivity contribution in [3.63, 3.8) is 0 Å². The fourth-order valence-corrected chi connectivity index (χ4v) is 3.14. The van der Waals surface area contributed by atoms with Gasteiger partial charge in [-0.3, -0.25) is 0 Å². The number of halogens is 2. The van der Waals surface area contributed by atoms with E-state index < -0.39 is 23.6 Å². The summed E-state index contributed by atoms with van der Waals surface area (Å²) in [4.78, 5) is 25.1. The number of hydrogen-bond acceptors (Lipinski definition) is 2. The molecule has 26 heavy (non-hydrogen) atoms. The molecule has 2 N–H and O–H groups in total. The highest BCUT2D eigenvalue weighted by molar-refractivity contribution is 5.89. The zero-order valence-electron chi connectivity index (χ0n) is 13.9. The molecule has 1 saturated heterocycles. The van der Waals surface area contributed by atoms with E-state index >= 15 is 0 Å². The topological polar surface area (TPSA) is 69.6 Å². The molecule has 2 aromatic carbocycles. The number of amides is 2. The van der Waals surface area contributed by atoms with Crippen molar-refractivity contribution in [2.75, 3.05) is 18.4 Å². The van der Waals surface area contributed by atoms with Crippen LogP contribution in [0.25, 0.3) is 0 Å². The molecular formula is C19H18F2N2O3. The number of aromatic carboxylic acids is 1. The summed E-state index contributed by atoms with van der Waals surface area (Å²) in [5.41, 5.74) is 0.985. The van der Waals surface area contributed by atoms with E-state index in [0.29, 0.717) is 19.2 Å². The zero-order valence-corrected chi connectivity index (χ0v) is 13.9. The number of carboxylic acid groups (broad SMARTS) is 1. The Bertz CT molecular complexity index is 841. The average Bonchev–Trinajstić information content (AvgIpc) is 2.64. The lowest BCUT2D eigenvalue weighted by molar-refractivity contribution is 0.0696. The molecule has 1 aliphatic rings. The molecule has 0 aromatic heterocycles. The fraction of sp³-hybridized carbons (Fsp3) is 0.263. The second-order valence-electron chi connectivity index (χ2n) is 6.27. The molecule has 0 spiro atoms. The van der Waals surface area contributed by atoms with E-state index in [9.17, 15) is 18.4 Å². The first-order valence-corrected chi connectivity index (χ1v) is 8.28. The number of anilines is 1. The molecule has 0 saturated carbocycles. The minimum atomic E-state index is -0.996. The molecule has 1 atom stereocenters. The largest absolute Gasteiger partial charge is 0.478 e. The lowest BCUT2D eigenvalue weighted by atomic mass is 9.90. The van der Waals surface area contributed by atoms with Gasteiger partial charge in [0.2, 0.25) is 0 Å². The van der Waals surface area contributed by atoms with E-state index in [1.165, 1.54) is 12.1 Å². The second kappa shape index (κ2) is 7.51. The van der Waals surface area contributed by atoms with E-state index in [1.54, 1.807) is 17.0 Å². The van der Waals surface area contributed by atoms with Gasteiger partial charge in [-0.25, -0.2) is 18.4 Å². The Morgan fingerprint density at radius 1 is 1.15 bits per heavy atom. The zero-order chi connectivity index (χ0) is 18.7. The van der Waals surface area contributed by atoms with Gasteiger partial charge in [-0.05, 0) is 42.7 Å². The van der Waals surface area contributed by atoms with Crippen LogP contribution in [0, 0.1) is 11.6 Å². The van der Waals surface area contributed by atoms with Gasteiger partial charge in [-0.2, -0.15) is 0 Å². The molecule has 5 nitrogen and oxygen atoms in total. The monoisotopic (exact) mass is 360 g/mol. The summed E-state index contributed by atoms with van der Waals surface area (Å²) in [6.45, 7) is 0.918. The molecule has 0 aliphatic carbocycles. The second-order valence-corrected chi connectivity index (χ2v) is 6.27. The van der Waals surface area contributed by atoms with Crippen LogP contribution in [0.3, 0.4) is 0 Å². The van der Waals surface area contributed by atoms with Gasteiger partial charge in [0.25, 0.3) is 0 Å². The summed E-state index contributed by atoms with van der Waals surface area (Å²) >= 11 is 0. The summed E-state index contributed by atoms with van der Waals surface area (Å²) in [7, 11) is 0. The molecule has 1 aliphatic heterocycles. The van der Waals surface area contributed by atoms with Gasteiger partial charge in [-0.1, -0.05) is 12.1 Å². The number of piperidine rings is 1. The van der Waals surface area contributed by atoms with Crippen LogP contribution in [0.4, 0.5) is 19.3 Å². The minimum Gasteiger partial charge on any atom is -0.478 e. The molecule has 1 heterocycles. The number of carboxylic acids is 1. The first kappa shape index (κ1) is 17.8. The third-order valence-electron chi connectivity index (χ3n) is 4.49. The number of urea groups is 1. The van der Waals surface area contributed by atoms with Gasteiger partial charge in [-0.15, -0.1) is 0 Å². The van der Waals surface area contributed by atoms with Crippen LogP contribution in [0.1, 0.15) is 34.7 Å². The summed E-state index contributed by atoms with van der Waals surface area (Å²) in [5, 5.41) is 11.6. The molecule has 0 radical (unpaired) electrons. The predicted molar refractivity (Wildman–Crippen MR) is 92.3 cm³/mol. The maximum atomic E-state index is 13.7. The first-order chi connectivity index (χ1) is 12.4. The van der Waals surface area contributed by atoms with Crippen LogP contribution in [0.5, 0.6) is 0 Å². The van der Waals surface area contributed by atoms with Crippen molar-refractivity contribution < 1.29 is 23.5 Å². The lowest BCUT2D eigenvalue weighted by Gasteiger charge is -2.33. The van der Waals surface area contributed by atoms with Crippen LogP contribution in [0.15, 0.2) is 42.5 Å². The van der Waals surface area contributed by atoms with Crippen molar-refractivity contribution in [3.05, 3.63) is 65.2 Å². The standard InChI is InChI=1S/C19H18F2N2O3/c20-15-6-7-17(16(21)10-15)22-19(26)23-8-2-5-14(11-23)12-3-1-4-13(9-12)18(24)25/h1,3-4,6-7,9-10,14H,2,5,8,11H2,(H,22,26)(H,24,25)/t14-/m1/s1. The fourth-order valence-electron chi connectivity index (χ4n) is 3.14. The number of benzene rings is 2. The van der Waals surface area contributed by atoms with Crippen LogP contribution in [-0.2, 0) is 0 Å². The number of nitrogens with one attached hydrogen (secondary N) is 1.